The average molecular weight is 380 g/mol. The first-order valence-electron chi connectivity index (χ1n) is 9.62. The van der Waals surface area contributed by atoms with E-state index in [9.17, 15) is 10.5 Å². The summed E-state index contributed by atoms with van der Waals surface area (Å²) < 4.78 is 0. The van der Waals surface area contributed by atoms with Gasteiger partial charge in [0, 0.05) is 36.6 Å². The standard InChI is InChI=1S/C23H20N6/c24-13-19-21(17-7-4-6-16(12-17)18-8-5-9-27-15-18)20(14-25)23(28-22(19)26)29-10-2-1-3-11-29/h4-9,12,15H,1-3,10-11H2,(H2,26,28). The molecule has 0 atom stereocenters. The van der Waals surface area contributed by atoms with Crippen LogP contribution in [0.1, 0.15) is 30.4 Å². The Hall–Kier alpha value is -3.90. The Morgan fingerprint density at radius 2 is 1.62 bits per heavy atom. The maximum absolute atomic E-state index is 10.0. The minimum Gasteiger partial charge on any atom is -0.383 e. The summed E-state index contributed by atoms with van der Waals surface area (Å²) in [5, 5.41) is 19.8. The lowest BCUT2D eigenvalue weighted by molar-refractivity contribution is 0.573. The molecular weight excluding hydrogens is 360 g/mol. The Bertz CT molecular complexity index is 1120. The number of nitrogens with two attached hydrogens (primary N) is 1. The monoisotopic (exact) mass is 380 g/mol. The van der Waals surface area contributed by atoms with Gasteiger partial charge in [0.15, 0.2) is 0 Å². The van der Waals surface area contributed by atoms with Gasteiger partial charge in [0.05, 0.1) is 0 Å². The van der Waals surface area contributed by atoms with Crippen molar-refractivity contribution in [3.63, 3.8) is 0 Å². The molecule has 2 N–H and O–H groups in total. The maximum atomic E-state index is 10.0. The molecule has 0 aliphatic carbocycles. The normalized spacial score (nSPS) is 13.5. The third-order valence-electron chi connectivity index (χ3n) is 5.23. The van der Waals surface area contributed by atoms with Crippen molar-refractivity contribution in [2.24, 2.45) is 0 Å². The molecule has 6 nitrogen and oxygen atoms in total. The molecule has 6 heteroatoms. The molecule has 0 saturated carbocycles. The first-order valence-corrected chi connectivity index (χ1v) is 9.62. The smallest absolute Gasteiger partial charge is 0.149 e. The molecule has 142 valence electrons. The van der Waals surface area contributed by atoms with Crippen LogP contribution in [0.15, 0.2) is 48.8 Å². The van der Waals surface area contributed by atoms with Crippen LogP contribution < -0.4 is 10.6 Å². The SMILES string of the molecule is N#Cc1c(N)nc(N2CCCCC2)c(C#N)c1-c1cccc(-c2cccnc2)c1. The summed E-state index contributed by atoms with van der Waals surface area (Å²) in [6.07, 6.45) is 6.79. The number of hydrogen-bond donors (Lipinski definition) is 1. The van der Waals surface area contributed by atoms with Gasteiger partial charge in [-0.1, -0.05) is 24.3 Å². The molecule has 0 bridgehead atoms. The van der Waals surface area contributed by atoms with E-state index in [2.05, 4.69) is 27.0 Å². The van der Waals surface area contributed by atoms with Gasteiger partial charge in [0.25, 0.3) is 0 Å². The van der Waals surface area contributed by atoms with E-state index in [1.807, 2.05) is 36.4 Å². The molecule has 3 aromatic rings. The first-order chi connectivity index (χ1) is 14.2. The summed E-state index contributed by atoms with van der Waals surface area (Å²) in [7, 11) is 0. The zero-order chi connectivity index (χ0) is 20.2. The van der Waals surface area contributed by atoms with Crippen LogP contribution in [0.5, 0.6) is 0 Å². The summed E-state index contributed by atoms with van der Waals surface area (Å²) in [5.74, 6) is 0.735. The molecule has 3 heterocycles. The quantitative estimate of drug-likeness (QED) is 0.733. The van der Waals surface area contributed by atoms with Crippen molar-refractivity contribution in [2.75, 3.05) is 23.7 Å². The van der Waals surface area contributed by atoms with Gasteiger partial charge in [-0.2, -0.15) is 10.5 Å². The molecule has 1 fully saturated rings. The Morgan fingerprint density at radius 1 is 0.897 bits per heavy atom. The minimum atomic E-state index is 0.161. The van der Waals surface area contributed by atoms with E-state index in [4.69, 9.17) is 5.73 Å². The van der Waals surface area contributed by atoms with Crippen LogP contribution in [0.4, 0.5) is 11.6 Å². The van der Waals surface area contributed by atoms with Gasteiger partial charge in [-0.05, 0) is 42.5 Å². The number of nitrogens with zero attached hydrogens (tertiary/aromatic N) is 5. The molecular formula is C23H20N6. The van der Waals surface area contributed by atoms with Gasteiger partial charge in [-0.25, -0.2) is 4.98 Å². The van der Waals surface area contributed by atoms with Gasteiger partial charge in [-0.15, -0.1) is 0 Å². The van der Waals surface area contributed by atoms with Crippen molar-refractivity contribution in [2.45, 2.75) is 19.3 Å². The Balaban J connectivity index is 1.92. The second-order valence-corrected chi connectivity index (χ2v) is 7.04. The molecule has 0 radical (unpaired) electrons. The van der Waals surface area contributed by atoms with E-state index >= 15 is 0 Å². The highest BCUT2D eigenvalue weighted by Crippen LogP contribution is 2.37. The molecule has 1 aromatic carbocycles. The van der Waals surface area contributed by atoms with Crippen LogP contribution in [0.2, 0.25) is 0 Å². The number of nitriles is 2. The number of rotatable bonds is 3. The van der Waals surface area contributed by atoms with Crippen LogP contribution in [-0.2, 0) is 0 Å². The fourth-order valence-electron chi connectivity index (χ4n) is 3.82. The van der Waals surface area contributed by atoms with Gasteiger partial charge >= 0.3 is 0 Å². The Kier molecular flexibility index (Phi) is 5.09. The predicted octanol–water partition coefficient (Wildman–Crippen LogP) is 4.13. The fraction of sp³-hybridized carbons (Fsp3) is 0.217. The third kappa shape index (κ3) is 3.49. The lowest BCUT2D eigenvalue weighted by Crippen LogP contribution is -2.31. The third-order valence-corrected chi connectivity index (χ3v) is 5.23. The van der Waals surface area contributed by atoms with Crippen LogP contribution in [-0.4, -0.2) is 23.1 Å². The molecule has 2 aromatic heterocycles. The van der Waals surface area contributed by atoms with Crippen molar-refractivity contribution < 1.29 is 0 Å². The highest BCUT2D eigenvalue weighted by molar-refractivity contribution is 5.87. The number of benzene rings is 1. The summed E-state index contributed by atoms with van der Waals surface area (Å²) in [4.78, 5) is 10.7. The van der Waals surface area contributed by atoms with E-state index in [1.54, 1.807) is 12.4 Å². The summed E-state index contributed by atoms with van der Waals surface area (Å²) in [6.45, 7) is 1.67. The van der Waals surface area contributed by atoms with Gasteiger partial charge in [-0.3, -0.25) is 4.98 Å². The minimum absolute atomic E-state index is 0.161. The molecule has 0 amide bonds. The van der Waals surface area contributed by atoms with Crippen molar-refractivity contribution in [3.8, 4) is 34.4 Å². The van der Waals surface area contributed by atoms with Crippen molar-refractivity contribution in [3.05, 3.63) is 59.9 Å². The second kappa shape index (κ2) is 8.00. The van der Waals surface area contributed by atoms with Crippen molar-refractivity contribution in [1.82, 2.24) is 9.97 Å². The van der Waals surface area contributed by atoms with E-state index in [1.165, 1.54) is 6.42 Å². The van der Waals surface area contributed by atoms with Crippen molar-refractivity contribution in [1.29, 1.82) is 10.5 Å². The maximum Gasteiger partial charge on any atom is 0.149 e. The van der Waals surface area contributed by atoms with E-state index in [0.717, 1.165) is 42.6 Å². The first kappa shape index (κ1) is 18.5. The van der Waals surface area contributed by atoms with Crippen LogP contribution >= 0.6 is 0 Å². The molecule has 0 unspecified atom stereocenters. The molecule has 1 aliphatic rings. The van der Waals surface area contributed by atoms with E-state index in [0.29, 0.717) is 16.9 Å². The Morgan fingerprint density at radius 3 is 2.31 bits per heavy atom. The molecule has 1 saturated heterocycles. The average Bonchev–Trinajstić information content (AvgIpc) is 2.79. The number of anilines is 2. The fourth-order valence-corrected chi connectivity index (χ4v) is 3.82. The van der Waals surface area contributed by atoms with Gasteiger partial charge in [0.1, 0.15) is 34.9 Å². The lowest BCUT2D eigenvalue weighted by atomic mass is 9.93. The zero-order valence-electron chi connectivity index (χ0n) is 16.0. The highest BCUT2D eigenvalue weighted by atomic mass is 15.2. The van der Waals surface area contributed by atoms with Crippen LogP contribution in [0.25, 0.3) is 22.3 Å². The van der Waals surface area contributed by atoms with E-state index < -0.39 is 0 Å². The topological polar surface area (TPSA) is 103 Å². The Labute approximate surface area is 169 Å². The summed E-state index contributed by atoms with van der Waals surface area (Å²) >= 11 is 0. The van der Waals surface area contributed by atoms with Crippen LogP contribution in [0.3, 0.4) is 0 Å². The molecule has 0 spiro atoms. The largest absolute Gasteiger partial charge is 0.383 e. The lowest BCUT2D eigenvalue weighted by Gasteiger charge is -2.29. The van der Waals surface area contributed by atoms with Gasteiger partial charge < -0.3 is 10.6 Å². The van der Waals surface area contributed by atoms with Gasteiger partial charge in [0.2, 0.25) is 0 Å². The second-order valence-electron chi connectivity index (χ2n) is 7.04. The molecule has 4 rings (SSSR count). The number of nitrogen functional groups attached to an aromatic ring is 1. The van der Waals surface area contributed by atoms with Crippen LogP contribution in [0, 0.1) is 22.7 Å². The predicted molar refractivity (Wildman–Crippen MR) is 113 cm³/mol. The number of hydrogen-bond acceptors (Lipinski definition) is 6. The molecule has 29 heavy (non-hydrogen) atoms. The summed E-state index contributed by atoms with van der Waals surface area (Å²) in [5.41, 5.74) is 10.1. The summed E-state index contributed by atoms with van der Waals surface area (Å²) in [6, 6.07) is 16.1. The number of aromatic nitrogens is 2. The number of piperidine rings is 1. The highest BCUT2D eigenvalue weighted by Gasteiger charge is 2.24. The number of pyridine rings is 2. The van der Waals surface area contributed by atoms with E-state index in [-0.39, 0.29) is 11.4 Å². The van der Waals surface area contributed by atoms with Crippen molar-refractivity contribution >= 4 is 11.6 Å². The zero-order valence-corrected chi connectivity index (χ0v) is 16.0. The molecule has 1 aliphatic heterocycles.